The van der Waals surface area contributed by atoms with E-state index in [1.54, 1.807) is 86.0 Å². The number of imide groups is 2. The molecule has 0 unspecified atom stereocenters. The largest absolute Gasteiger partial charge is 0.497 e. The van der Waals surface area contributed by atoms with Gasteiger partial charge in [-0.25, -0.2) is 0 Å². The Kier molecular flexibility index (Phi) is 9.53. The average Bonchev–Trinajstić information content (AvgIpc) is 3.58. The zero-order valence-corrected chi connectivity index (χ0v) is 31.3. The van der Waals surface area contributed by atoms with Crippen molar-refractivity contribution < 1.29 is 33.8 Å². The van der Waals surface area contributed by atoms with E-state index in [1.165, 1.54) is 11.0 Å². The molecule has 0 aromatic heterocycles. The van der Waals surface area contributed by atoms with Gasteiger partial charge in [0.15, 0.2) is 0 Å². The summed E-state index contributed by atoms with van der Waals surface area (Å²) in [5.41, 5.74) is 4.99. The van der Waals surface area contributed by atoms with Gasteiger partial charge in [0.25, 0.3) is 11.8 Å². The number of aliphatic hydroxyl groups is 1. The van der Waals surface area contributed by atoms with Crippen LogP contribution in [0.1, 0.15) is 35.4 Å². The Morgan fingerprint density at radius 1 is 0.927 bits per heavy atom. The molecule has 0 spiro atoms. The maximum absolute atomic E-state index is 15.5. The molecular weight excluding hydrogens is 741 g/mol. The lowest BCUT2D eigenvalue weighted by Gasteiger charge is -2.50. The van der Waals surface area contributed by atoms with E-state index in [4.69, 9.17) is 32.7 Å². The number of aliphatic hydroxyl groups excluding tert-OH is 1. The zero-order valence-electron chi connectivity index (χ0n) is 29.8. The molecule has 4 aromatic rings. The summed E-state index contributed by atoms with van der Waals surface area (Å²) in [4.78, 5) is 60.6. The van der Waals surface area contributed by atoms with Gasteiger partial charge in [-0.15, -0.1) is 0 Å². The van der Waals surface area contributed by atoms with Crippen LogP contribution in [0.5, 0.6) is 11.5 Å². The molecule has 55 heavy (non-hydrogen) atoms. The Labute approximate surface area is 327 Å². The number of para-hydroxylation sites is 1. The minimum atomic E-state index is -1.56. The molecule has 2 saturated heterocycles. The van der Waals surface area contributed by atoms with Gasteiger partial charge in [0.05, 0.1) is 53.3 Å². The van der Waals surface area contributed by atoms with Crippen LogP contribution in [0.4, 0.5) is 11.4 Å². The highest BCUT2D eigenvalue weighted by molar-refractivity contribution is 6.36. The molecule has 8 rings (SSSR count). The summed E-state index contributed by atoms with van der Waals surface area (Å²) in [6.07, 6.45) is 4.03. The van der Waals surface area contributed by atoms with Crippen molar-refractivity contribution in [3.05, 3.63) is 136 Å². The third kappa shape index (κ3) is 5.73. The molecule has 10 nitrogen and oxygen atoms in total. The highest BCUT2D eigenvalue weighted by Crippen LogP contribution is 2.65. The summed E-state index contributed by atoms with van der Waals surface area (Å²) >= 11 is 12.8. The predicted molar refractivity (Wildman–Crippen MR) is 209 cm³/mol. The first-order valence-electron chi connectivity index (χ1n) is 18.0. The van der Waals surface area contributed by atoms with E-state index in [0.717, 1.165) is 16.1 Å². The van der Waals surface area contributed by atoms with E-state index in [9.17, 15) is 14.7 Å². The molecule has 12 heteroatoms. The zero-order chi connectivity index (χ0) is 38.6. The Hall–Kier alpha value is -5.42. The van der Waals surface area contributed by atoms with Crippen LogP contribution in [0.3, 0.4) is 0 Å². The summed E-state index contributed by atoms with van der Waals surface area (Å²) in [5.74, 6) is -4.60. The molecule has 6 atom stereocenters. The van der Waals surface area contributed by atoms with Crippen LogP contribution in [0.15, 0.2) is 109 Å². The van der Waals surface area contributed by atoms with Gasteiger partial charge in [-0.2, -0.15) is 5.01 Å². The Bertz CT molecular complexity index is 2260. The number of ether oxygens (including phenoxy) is 2. The third-order valence-electron chi connectivity index (χ3n) is 11.5. The summed E-state index contributed by atoms with van der Waals surface area (Å²) in [6.45, 7) is 3.54. The van der Waals surface area contributed by atoms with Crippen LogP contribution in [0, 0.1) is 23.7 Å². The number of amides is 4. The summed E-state index contributed by atoms with van der Waals surface area (Å²) in [6, 6.07) is 26.1. The van der Waals surface area contributed by atoms with Crippen molar-refractivity contribution in [2.45, 2.75) is 24.2 Å². The number of nitrogens with one attached hydrogen (secondary N) is 1. The molecule has 280 valence electrons. The number of halogens is 2. The molecule has 2 aliphatic heterocycles. The minimum Gasteiger partial charge on any atom is -0.497 e. The van der Waals surface area contributed by atoms with Crippen LogP contribution < -0.4 is 19.8 Å². The fourth-order valence-electron chi connectivity index (χ4n) is 9.21. The van der Waals surface area contributed by atoms with E-state index >= 15 is 9.59 Å². The van der Waals surface area contributed by atoms with Crippen molar-refractivity contribution in [3.63, 3.8) is 0 Å². The number of hydrogen-bond acceptors (Lipinski definition) is 8. The molecule has 2 heterocycles. The number of nitrogens with zero attached hydrogens (tertiary/aromatic N) is 2. The van der Waals surface area contributed by atoms with E-state index in [0.29, 0.717) is 39.0 Å². The first kappa shape index (κ1) is 36.6. The number of hydrogen-bond donors (Lipinski definition) is 2. The Balaban J connectivity index is 1.33. The SMILES string of the molecule is C=Cc1ccc(N2C(=O)[C@H]3[C@H](CC=C4[C@H]3C[C@H]3C(=O)N(Nc5ccc(Cl)cc5Cl)C(=O)[C@@]3(c3ccc(OC)cc3)[C@H]4c3ccccc3OCCO)C2=O)cc1. The summed E-state index contributed by atoms with van der Waals surface area (Å²) in [5, 5.41) is 11.4. The number of fused-ring (bicyclic) bond motifs is 4. The standard InChI is InChI=1S/C43H37Cl2N3O7/c1-3-24-8-13-27(14-9-24)47-39(50)31-18-17-29-32(37(31)41(47)52)23-33-40(51)48(46-35-19-12-26(44)22-34(35)45)42(53)43(33,25-10-15-28(54-2)16-11-25)38(29)30-6-4-5-7-36(30)55-21-20-49/h3-17,19,22,31-33,37-38,46,49H,1,18,20-21,23H2,2H3/t31-,32+,33-,37-,38+,43+/m0/s1. The Morgan fingerprint density at radius 3 is 2.36 bits per heavy atom. The summed E-state index contributed by atoms with van der Waals surface area (Å²) in [7, 11) is 1.55. The van der Waals surface area contributed by atoms with E-state index in [-0.39, 0.29) is 42.9 Å². The fraction of sp³-hybridized carbons (Fsp3) is 0.256. The van der Waals surface area contributed by atoms with Gasteiger partial charge in [-0.05, 0) is 78.4 Å². The number of methoxy groups -OCH3 is 1. The van der Waals surface area contributed by atoms with Crippen molar-refractivity contribution >= 4 is 64.3 Å². The van der Waals surface area contributed by atoms with Gasteiger partial charge in [0.2, 0.25) is 11.8 Å². The molecule has 0 bridgehead atoms. The number of rotatable bonds is 10. The molecule has 4 amide bonds. The average molecular weight is 779 g/mol. The molecule has 2 aliphatic carbocycles. The Morgan fingerprint density at radius 2 is 1.67 bits per heavy atom. The van der Waals surface area contributed by atoms with Crippen molar-refractivity contribution in [1.29, 1.82) is 0 Å². The minimum absolute atomic E-state index is 0.0158. The second-order valence-electron chi connectivity index (χ2n) is 14.1. The van der Waals surface area contributed by atoms with Gasteiger partial charge in [-0.3, -0.25) is 29.5 Å². The molecule has 3 fully saturated rings. The van der Waals surface area contributed by atoms with Crippen LogP contribution in [-0.2, 0) is 24.6 Å². The number of carbonyl (C=O) groups is 4. The fourth-order valence-corrected chi connectivity index (χ4v) is 9.66. The lowest BCUT2D eigenvalue weighted by atomic mass is 9.49. The van der Waals surface area contributed by atoms with E-state index < -0.39 is 46.8 Å². The van der Waals surface area contributed by atoms with Gasteiger partial charge in [-0.1, -0.05) is 90.0 Å². The summed E-state index contributed by atoms with van der Waals surface area (Å²) < 4.78 is 11.6. The maximum Gasteiger partial charge on any atom is 0.260 e. The molecule has 2 N–H and O–H groups in total. The van der Waals surface area contributed by atoms with Crippen LogP contribution >= 0.6 is 23.2 Å². The molecular formula is C43H37Cl2N3O7. The number of benzene rings is 4. The number of carbonyl (C=O) groups excluding carboxylic acids is 4. The maximum atomic E-state index is 15.5. The molecule has 1 saturated carbocycles. The molecule has 4 aromatic carbocycles. The lowest BCUT2D eigenvalue weighted by molar-refractivity contribution is -0.138. The van der Waals surface area contributed by atoms with E-state index in [1.807, 2.05) is 18.2 Å². The van der Waals surface area contributed by atoms with Crippen molar-refractivity contribution in [2.24, 2.45) is 23.7 Å². The predicted octanol–water partition coefficient (Wildman–Crippen LogP) is 7.21. The highest BCUT2D eigenvalue weighted by Gasteiger charge is 2.70. The number of hydrazine groups is 1. The molecule has 4 aliphatic rings. The van der Waals surface area contributed by atoms with E-state index in [2.05, 4.69) is 12.0 Å². The van der Waals surface area contributed by atoms with Crippen LogP contribution in [0.2, 0.25) is 10.0 Å². The smallest absolute Gasteiger partial charge is 0.260 e. The normalized spacial score (nSPS) is 25.6. The monoisotopic (exact) mass is 777 g/mol. The second kappa shape index (κ2) is 14.3. The topological polar surface area (TPSA) is 125 Å². The van der Waals surface area contributed by atoms with Gasteiger partial charge in [0.1, 0.15) is 18.1 Å². The van der Waals surface area contributed by atoms with Crippen LogP contribution in [0.25, 0.3) is 6.08 Å². The first-order chi connectivity index (χ1) is 26.6. The second-order valence-corrected chi connectivity index (χ2v) is 15.0. The lowest BCUT2D eigenvalue weighted by Crippen LogP contribution is -2.53. The van der Waals surface area contributed by atoms with Crippen molar-refractivity contribution in [3.8, 4) is 11.5 Å². The van der Waals surface area contributed by atoms with Gasteiger partial charge in [0, 0.05) is 16.5 Å². The third-order valence-corrected chi connectivity index (χ3v) is 12.1. The first-order valence-corrected chi connectivity index (χ1v) is 18.8. The molecule has 0 radical (unpaired) electrons. The number of anilines is 2. The van der Waals surface area contributed by atoms with Crippen molar-refractivity contribution in [2.75, 3.05) is 30.6 Å². The van der Waals surface area contributed by atoms with Crippen LogP contribution in [-0.4, -0.2) is 54.1 Å². The van der Waals surface area contributed by atoms with Gasteiger partial charge >= 0.3 is 0 Å². The van der Waals surface area contributed by atoms with Gasteiger partial charge < -0.3 is 14.6 Å². The quantitative estimate of drug-likeness (QED) is 0.128. The van der Waals surface area contributed by atoms with Crippen molar-refractivity contribution in [1.82, 2.24) is 5.01 Å². The number of allylic oxidation sites excluding steroid dienone is 2. The highest BCUT2D eigenvalue weighted by atomic mass is 35.5.